The van der Waals surface area contributed by atoms with E-state index in [0.29, 0.717) is 29.5 Å². The summed E-state index contributed by atoms with van der Waals surface area (Å²) >= 11 is 1.47. The average Bonchev–Trinajstić information content (AvgIpc) is 3.32. The van der Waals surface area contributed by atoms with Gasteiger partial charge in [0.2, 0.25) is 5.91 Å². The molecule has 1 aromatic carbocycles. The molecule has 1 atom stereocenters. The number of hydrogen-bond acceptors (Lipinski definition) is 4. The minimum Gasteiger partial charge on any atom is -0.462 e. The summed E-state index contributed by atoms with van der Waals surface area (Å²) in [5, 5.41) is 3.59. The first-order valence-electron chi connectivity index (χ1n) is 9.74. The van der Waals surface area contributed by atoms with Gasteiger partial charge < -0.3 is 10.1 Å². The van der Waals surface area contributed by atoms with E-state index >= 15 is 0 Å². The third kappa shape index (κ3) is 4.98. The van der Waals surface area contributed by atoms with Gasteiger partial charge in [-0.2, -0.15) is 0 Å². The molecule has 5 heteroatoms. The van der Waals surface area contributed by atoms with Gasteiger partial charge in [-0.25, -0.2) is 4.79 Å². The molecular weight excluding hydrogens is 358 g/mol. The van der Waals surface area contributed by atoms with Crippen molar-refractivity contribution >= 4 is 28.2 Å². The number of amides is 1. The number of nitrogens with one attached hydrogen (secondary N) is 1. The predicted octanol–water partition coefficient (Wildman–Crippen LogP) is 5.60. The highest BCUT2D eigenvalue weighted by molar-refractivity contribution is 7.16. The first-order chi connectivity index (χ1) is 13.1. The maximum absolute atomic E-state index is 12.5. The lowest BCUT2D eigenvalue weighted by Gasteiger charge is -2.10. The van der Waals surface area contributed by atoms with E-state index in [4.69, 9.17) is 4.74 Å². The zero-order valence-electron chi connectivity index (χ0n) is 16.0. The summed E-state index contributed by atoms with van der Waals surface area (Å²) < 4.78 is 5.20. The molecule has 1 aliphatic carbocycles. The van der Waals surface area contributed by atoms with Crippen molar-refractivity contribution in [2.45, 2.75) is 51.9 Å². The van der Waals surface area contributed by atoms with E-state index < -0.39 is 0 Å². The molecule has 27 heavy (non-hydrogen) atoms. The summed E-state index contributed by atoms with van der Waals surface area (Å²) in [6, 6.07) is 12.0. The number of benzene rings is 1. The second kappa shape index (κ2) is 9.18. The van der Waals surface area contributed by atoms with Gasteiger partial charge >= 0.3 is 5.97 Å². The average molecular weight is 386 g/mol. The number of rotatable bonds is 7. The molecule has 1 aliphatic rings. The lowest BCUT2D eigenvalue weighted by atomic mass is 9.99. The van der Waals surface area contributed by atoms with Gasteiger partial charge in [0.25, 0.3) is 0 Å². The molecule has 1 aromatic heterocycles. The molecule has 144 valence electrons. The van der Waals surface area contributed by atoms with Crippen LogP contribution < -0.4 is 5.32 Å². The van der Waals surface area contributed by atoms with Gasteiger partial charge in [0.15, 0.2) is 0 Å². The number of anilines is 1. The minimum absolute atomic E-state index is 0.00628. The predicted molar refractivity (Wildman–Crippen MR) is 109 cm³/mol. The monoisotopic (exact) mass is 385 g/mol. The fraction of sp³-hybridized carbons (Fsp3) is 0.455. The topological polar surface area (TPSA) is 55.4 Å². The van der Waals surface area contributed by atoms with E-state index in [1.165, 1.54) is 29.7 Å². The Morgan fingerprint density at radius 3 is 2.59 bits per heavy atom. The van der Waals surface area contributed by atoms with Crippen molar-refractivity contribution in [3.05, 3.63) is 52.4 Å². The van der Waals surface area contributed by atoms with Gasteiger partial charge in [-0.3, -0.25) is 4.79 Å². The van der Waals surface area contributed by atoms with Gasteiger partial charge in [0.1, 0.15) is 5.00 Å². The number of carbonyl (C=O) groups is 2. The van der Waals surface area contributed by atoms with Gasteiger partial charge in [0.05, 0.1) is 12.2 Å². The second-order valence-electron chi connectivity index (χ2n) is 7.15. The number of hydrogen-bond donors (Lipinski definition) is 1. The van der Waals surface area contributed by atoms with Crippen LogP contribution in [0.25, 0.3) is 0 Å². The SMILES string of the molecule is CCOC(=O)c1cc([C@@H](C)c2ccccc2)sc1NC(=O)CC1CCCC1. The van der Waals surface area contributed by atoms with Crippen molar-refractivity contribution in [3.8, 4) is 0 Å². The van der Waals surface area contributed by atoms with E-state index in [1.807, 2.05) is 24.3 Å². The second-order valence-corrected chi connectivity index (χ2v) is 8.23. The molecule has 2 aromatic rings. The Bertz CT molecular complexity index is 778. The third-order valence-electron chi connectivity index (χ3n) is 5.17. The largest absolute Gasteiger partial charge is 0.462 e. The maximum Gasteiger partial charge on any atom is 0.341 e. The highest BCUT2D eigenvalue weighted by atomic mass is 32.1. The lowest BCUT2D eigenvalue weighted by Crippen LogP contribution is -2.16. The maximum atomic E-state index is 12.5. The van der Waals surface area contributed by atoms with Crippen molar-refractivity contribution in [1.82, 2.24) is 0 Å². The third-order valence-corrected chi connectivity index (χ3v) is 6.41. The van der Waals surface area contributed by atoms with Gasteiger partial charge in [0, 0.05) is 17.2 Å². The molecule has 0 saturated heterocycles. The molecule has 4 nitrogen and oxygen atoms in total. The van der Waals surface area contributed by atoms with E-state index in [1.54, 1.807) is 6.92 Å². The van der Waals surface area contributed by atoms with Crippen molar-refractivity contribution in [2.24, 2.45) is 5.92 Å². The molecule has 0 spiro atoms. The molecule has 0 radical (unpaired) electrons. The number of thiophene rings is 1. The first kappa shape index (κ1) is 19.6. The Morgan fingerprint density at radius 2 is 1.93 bits per heavy atom. The van der Waals surface area contributed by atoms with Crippen LogP contribution in [0.1, 0.15) is 72.7 Å². The molecule has 0 unspecified atom stereocenters. The fourth-order valence-corrected chi connectivity index (χ4v) is 4.78. The van der Waals surface area contributed by atoms with Crippen LogP contribution in [0.15, 0.2) is 36.4 Å². The van der Waals surface area contributed by atoms with E-state index in [0.717, 1.165) is 17.7 Å². The lowest BCUT2D eigenvalue weighted by molar-refractivity contribution is -0.117. The normalized spacial score (nSPS) is 15.5. The van der Waals surface area contributed by atoms with Crippen LogP contribution in [0.3, 0.4) is 0 Å². The highest BCUT2D eigenvalue weighted by Gasteiger charge is 2.24. The number of ether oxygens (including phenoxy) is 1. The molecule has 1 fully saturated rings. The Labute approximate surface area is 164 Å². The summed E-state index contributed by atoms with van der Waals surface area (Å²) in [4.78, 5) is 25.9. The first-order valence-corrected chi connectivity index (χ1v) is 10.6. The molecule has 1 saturated carbocycles. The standard InChI is InChI=1S/C22H27NO3S/c1-3-26-22(25)18-14-19(15(2)17-11-5-4-6-12-17)27-21(18)23-20(24)13-16-9-7-8-10-16/h4-6,11-12,14-16H,3,7-10,13H2,1-2H3,(H,23,24)/t15-/m0/s1. The van der Waals surface area contributed by atoms with Crippen molar-refractivity contribution in [2.75, 3.05) is 11.9 Å². The zero-order chi connectivity index (χ0) is 19.2. The number of carbonyl (C=O) groups excluding carboxylic acids is 2. The molecule has 1 N–H and O–H groups in total. The number of esters is 1. The molecule has 1 amide bonds. The van der Waals surface area contributed by atoms with Crippen molar-refractivity contribution < 1.29 is 14.3 Å². The quantitative estimate of drug-likeness (QED) is 0.632. The molecule has 0 bridgehead atoms. The molecular formula is C22H27NO3S. The van der Waals surface area contributed by atoms with Gasteiger partial charge in [-0.05, 0) is 37.3 Å². The van der Waals surface area contributed by atoms with Crippen LogP contribution >= 0.6 is 11.3 Å². The van der Waals surface area contributed by atoms with Crippen LogP contribution in [-0.2, 0) is 9.53 Å². The summed E-state index contributed by atoms with van der Waals surface area (Å²) in [6.45, 7) is 4.21. The fourth-order valence-electron chi connectivity index (χ4n) is 3.64. The van der Waals surface area contributed by atoms with E-state index in [2.05, 4.69) is 24.4 Å². The summed E-state index contributed by atoms with van der Waals surface area (Å²) in [6.07, 6.45) is 5.20. The molecule has 3 rings (SSSR count). The minimum atomic E-state index is -0.378. The van der Waals surface area contributed by atoms with Crippen molar-refractivity contribution in [1.29, 1.82) is 0 Å². The van der Waals surface area contributed by atoms with Crippen LogP contribution in [0.5, 0.6) is 0 Å². The van der Waals surface area contributed by atoms with Crippen LogP contribution in [0.4, 0.5) is 5.00 Å². The molecule has 1 heterocycles. The highest BCUT2D eigenvalue weighted by Crippen LogP contribution is 2.37. The van der Waals surface area contributed by atoms with Crippen molar-refractivity contribution in [3.63, 3.8) is 0 Å². The Balaban J connectivity index is 1.81. The van der Waals surface area contributed by atoms with Crippen LogP contribution in [-0.4, -0.2) is 18.5 Å². The van der Waals surface area contributed by atoms with Gasteiger partial charge in [-0.15, -0.1) is 11.3 Å². The Kier molecular flexibility index (Phi) is 6.67. The molecule has 0 aliphatic heterocycles. The van der Waals surface area contributed by atoms with Crippen LogP contribution in [0.2, 0.25) is 0 Å². The van der Waals surface area contributed by atoms with E-state index in [9.17, 15) is 9.59 Å². The Morgan fingerprint density at radius 1 is 1.22 bits per heavy atom. The van der Waals surface area contributed by atoms with E-state index in [-0.39, 0.29) is 17.8 Å². The van der Waals surface area contributed by atoms with Crippen LogP contribution in [0, 0.1) is 5.92 Å². The summed E-state index contributed by atoms with van der Waals surface area (Å²) in [5.41, 5.74) is 1.64. The summed E-state index contributed by atoms with van der Waals surface area (Å²) in [5.74, 6) is 0.230. The Hall–Kier alpha value is -2.14. The zero-order valence-corrected chi connectivity index (χ0v) is 16.8. The van der Waals surface area contributed by atoms with Gasteiger partial charge in [-0.1, -0.05) is 50.1 Å². The smallest absolute Gasteiger partial charge is 0.341 e. The summed E-state index contributed by atoms with van der Waals surface area (Å²) in [7, 11) is 0.